The van der Waals surface area contributed by atoms with Gasteiger partial charge in [0.15, 0.2) is 9.84 Å². The summed E-state index contributed by atoms with van der Waals surface area (Å²) in [6, 6.07) is 14.5. The predicted octanol–water partition coefficient (Wildman–Crippen LogP) is 3.35. The monoisotopic (exact) mass is 386 g/mol. The van der Waals surface area contributed by atoms with Crippen LogP contribution in [-0.4, -0.2) is 45.6 Å². The van der Waals surface area contributed by atoms with E-state index in [4.69, 9.17) is 0 Å². The molecule has 1 saturated heterocycles. The largest absolute Gasteiger partial charge is 0.372 e. The molecule has 0 bridgehead atoms. The third kappa shape index (κ3) is 4.89. The molecule has 5 nitrogen and oxygen atoms in total. The van der Waals surface area contributed by atoms with Crippen LogP contribution in [0.4, 0.5) is 5.69 Å². The Morgan fingerprint density at radius 3 is 2.33 bits per heavy atom. The zero-order valence-electron chi connectivity index (χ0n) is 15.9. The van der Waals surface area contributed by atoms with Gasteiger partial charge in [0.05, 0.1) is 4.90 Å². The van der Waals surface area contributed by atoms with E-state index in [1.54, 1.807) is 24.1 Å². The summed E-state index contributed by atoms with van der Waals surface area (Å²) in [5.74, 6) is -0.194. The van der Waals surface area contributed by atoms with Gasteiger partial charge in [-0.05, 0) is 55.2 Å². The normalized spacial score (nSPS) is 14.8. The third-order valence-corrected chi connectivity index (χ3v) is 6.04. The summed E-state index contributed by atoms with van der Waals surface area (Å²) < 4.78 is 23.4. The highest BCUT2D eigenvalue weighted by Gasteiger charge is 2.16. The van der Waals surface area contributed by atoms with E-state index in [0.717, 1.165) is 24.9 Å². The van der Waals surface area contributed by atoms with Crippen LogP contribution in [-0.2, 0) is 16.4 Å². The van der Waals surface area contributed by atoms with Crippen molar-refractivity contribution in [2.75, 3.05) is 31.3 Å². The highest BCUT2D eigenvalue weighted by molar-refractivity contribution is 7.90. The number of sulfone groups is 1. The van der Waals surface area contributed by atoms with Crippen molar-refractivity contribution < 1.29 is 13.2 Å². The molecule has 0 atom stereocenters. The van der Waals surface area contributed by atoms with E-state index in [1.807, 2.05) is 0 Å². The van der Waals surface area contributed by atoms with Gasteiger partial charge >= 0.3 is 0 Å². The summed E-state index contributed by atoms with van der Waals surface area (Å²) in [5, 5.41) is 0. The number of amides is 1. The van der Waals surface area contributed by atoms with Crippen LogP contribution >= 0.6 is 0 Å². The maximum Gasteiger partial charge on any atom is 0.253 e. The first kappa shape index (κ1) is 19.4. The molecule has 0 aliphatic carbocycles. The Hall–Kier alpha value is -2.34. The van der Waals surface area contributed by atoms with Gasteiger partial charge < -0.3 is 9.80 Å². The molecular formula is C21H26N2O3S. The fourth-order valence-electron chi connectivity index (χ4n) is 3.39. The summed E-state index contributed by atoms with van der Waals surface area (Å²) in [5.41, 5.74) is 2.66. The summed E-state index contributed by atoms with van der Waals surface area (Å²) in [6.45, 7) is 2.69. The highest BCUT2D eigenvalue weighted by atomic mass is 32.2. The standard InChI is InChI=1S/C21H26N2O3S/c1-22(21(24)18-7-6-8-20(15-18)27(2,25)26)16-17-9-11-19(12-10-17)23-13-4-3-5-14-23/h6-12,15H,3-5,13-14,16H2,1-2H3. The molecule has 3 rings (SSSR count). The van der Waals surface area contributed by atoms with Crippen molar-refractivity contribution in [3.05, 3.63) is 59.7 Å². The number of anilines is 1. The van der Waals surface area contributed by atoms with E-state index in [-0.39, 0.29) is 10.8 Å². The summed E-state index contributed by atoms with van der Waals surface area (Å²) in [4.78, 5) is 16.8. The summed E-state index contributed by atoms with van der Waals surface area (Å²) in [6.07, 6.45) is 4.93. The molecule has 1 fully saturated rings. The van der Waals surface area contributed by atoms with E-state index in [0.29, 0.717) is 12.1 Å². The molecule has 1 heterocycles. The van der Waals surface area contributed by atoms with Gasteiger partial charge in [-0.3, -0.25) is 4.79 Å². The molecule has 2 aromatic rings. The maximum atomic E-state index is 12.7. The molecule has 0 unspecified atom stereocenters. The average molecular weight is 387 g/mol. The van der Waals surface area contributed by atoms with Crippen molar-refractivity contribution >= 4 is 21.4 Å². The molecule has 27 heavy (non-hydrogen) atoms. The molecule has 1 amide bonds. The fraction of sp³-hybridized carbons (Fsp3) is 0.381. The van der Waals surface area contributed by atoms with E-state index in [1.165, 1.54) is 37.1 Å². The summed E-state index contributed by atoms with van der Waals surface area (Å²) >= 11 is 0. The fourth-order valence-corrected chi connectivity index (χ4v) is 4.06. The molecule has 0 saturated carbocycles. The van der Waals surface area contributed by atoms with Crippen molar-refractivity contribution in [3.8, 4) is 0 Å². The minimum absolute atomic E-state index is 0.160. The van der Waals surface area contributed by atoms with Crippen molar-refractivity contribution in [2.45, 2.75) is 30.7 Å². The smallest absolute Gasteiger partial charge is 0.253 e. The molecule has 0 radical (unpaired) electrons. The first-order valence-electron chi connectivity index (χ1n) is 9.24. The van der Waals surface area contributed by atoms with Gasteiger partial charge in [-0.1, -0.05) is 18.2 Å². The van der Waals surface area contributed by atoms with Gasteiger partial charge in [0.2, 0.25) is 0 Å². The van der Waals surface area contributed by atoms with Gasteiger partial charge in [-0.25, -0.2) is 8.42 Å². The van der Waals surface area contributed by atoms with Crippen molar-refractivity contribution in [1.29, 1.82) is 0 Å². The second kappa shape index (κ2) is 8.13. The molecule has 6 heteroatoms. The topological polar surface area (TPSA) is 57.7 Å². The lowest BCUT2D eigenvalue weighted by molar-refractivity contribution is 0.0785. The summed E-state index contributed by atoms with van der Waals surface area (Å²) in [7, 11) is -1.60. The quantitative estimate of drug-likeness (QED) is 0.791. The Bertz CT molecular complexity index is 901. The van der Waals surface area contributed by atoms with Crippen molar-refractivity contribution in [1.82, 2.24) is 4.90 Å². The SMILES string of the molecule is CN(Cc1ccc(N2CCCCC2)cc1)C(=O)c1cccc(S(C)(=O)=O)c1. The number of benzene rings is 2. The lowest BCUT2D eigenvalue weighted by Crippen LogP contribution is -2.29. The highest BCUT2D eigenvalue weighted by Crippen LogP contribution is 2.21. The van der Waals surface area contributed by atoms with Crippen molar-refractivity contribution in [3.63, 3.8) is 0 Å². The van der Waals surface area contributed by atoms with Crippen molar-refractivity contribution in [2.24, 2.45) is 0 Å². The number of carbonyl (C=O) groups is 1. The third-order valence-electron chi connectivity index (χ3n) is 4.93. The predicted molar refractivity (Wildman–Crippen MR) is 108 cm³/mol. The van der Waals surface area contributed by atoms with Crippen LogP contribution in [0.15, 0.2) is 53.4 Å². The number of hydrogen-bond donors (Lipinski definition) is 0. The molecule has 0 spiro atoms. The molecule has 0 aromatic heterocycles. The zero-order chi connectivity index (χ0) is 19.4. The lowest BCUT2D eigenvalue weighted by atomic mass is 10.1. The molecule has 1 aliphatic heterocycles. The average Bonchev–Trinajstić information content (AvgIpc) is 2.68. The Balaban J connectivity index is 1.68. The van der Waals surface area contributed by atoms with Crippen LogP contribution in [0.2, 0.25) is 0 Å². The number of hydrogen-bond acceptors (Lipinski definition) is 4. The second-order valence-electron chi connectivity index (χ2n) is 7.18. The first-order chi connectivity index (χ1) is 12.8. The Morgan fingerprint density at radius 1 is 1.04 bits per heavy atom. The molecule has 0 N–H and O–H groups in total. The molecule has 1 aliphatic rings. The minimum Gasteiger partial charge on any atom is -0.372 e. The Morgan fingerprint density at radius 2 is 1.70 bits per heavy atom. The molecule has 2 aromatic carbocycles. The van der Waals surface area contributed by atoms with Crippen LogP contribution in [0, 0.1) is 0 Å². The Kier molecular flexibility index (Phi) is 5.85. The van der Waals surface area contributed by atoms with Gasteiger partial charge in [0.1, 0.15) is 0 Å². The van der Waals surface area contributed by atoms with Gasteiger partial charge in [0, 0.05) is 44.2 Å². The van der Waals surface area contributed by atoms with Crippen LogP contribution in [0.1, 0.15) is 35.2 Å². The van der Waals surface area contributed by atoms with Gasteiger partial charge in [-0.15, -0.1) is 0 Å². The molecular weight excluding hydrogens is 360 g/mol. The van der Waals surface area contributed by atoms with Gasteiger partial charge in [-0.2, -0.15) is 0 Å². The molecule has 144 valence electrons. The van der Waals surface area contributed by atoms with E-state index in [9.17, 15) is 13.2 Å². The van der Waals surface area contributed by atoms with E-state index in [2.05, 4.69) is 29.2 Å². The lowest BCUT2D eigenvalue weighted by Gasteiger charge is -2.29. The Labute approximate surface area is 161 Å². The van der Waals surface area contributed by atoms with E-state index >= 15 is 0 Å². The second-order valence-corrected chi connectivity index (χ2v) is 9.19. The van der Waals surface area contributed by atoms with Crippen LogP contribution < -0.4 is 4.90 Å². The van der Waals surface area contributed by atoms with Crippen LogP contribution in [0.25, 0.3) is 0 Å². The van der Waals surface area contributed by atoms with Crippen LogP contribution in [0.3, 0.4) is 0 Å². The van der Waals surface area contributed by atoms with E-state index < -0.39 is 9.84 Å². The zero-order valence-corrected chi connectivity index (χ0v) is 16.7. The number of piperidine rings is 1. The number of carbonyl (C=O) groups excluding carboxylic acids is 1. The number of rotatable bonds is 5. The van der Waals surface area contributed by atoms with Crippen LogP contribution in [0.5, 0.6) is 0 Å². The maximum absolute atomic E-state index is 12.7. The number of nitrogens with zero attached hydrogens (tertiary/aromatic N) is 2. The first-order valence-corrected chi connectivity index (χ1v) is 11.1. The minimum atomic E-state index is -3.33. The van der Waals surface area contributed by atoms with Gasteiger partial charge in [0.25, 0.3) is 5.91 Å².